The molecular weight excluding hydrogens is 366 g/mol. The summed E-state index contributed by atoms with van der Waals surface area (Å²) in [5.41, 5.74) is 1.11. The van der Waals surface area contributed by atoms with Gasteiger partial charge in [-0.25, -0.2) is 0 Å². The lowest BCUT2D eigenvalue weighted by molar-refractivity contribution is -0.113. The number of nitrogens with one attached hydrogen (secondary N) is 2. The maximum Gasteiger partial charge on any atom is 0.271 e. The number of Topliss-reactive ketones (excluding diaryl/α,β-unsaturated/α-hetero) is 1. The van der Waals surface area contributed by atoms with Gasteiger partial charge in [-0.1, -0.05) is 35.9 Å². The second-order valence-electron chi connectivity index (χ2n) is 6.15. The Balaban J connectivity index is 2.05. The quantitative estimate of drug-likeness (QED) is 0.666. The predicted octanol–water partition coefficient (Wildman–Crippen LogP) is 1.20. The van der Waals surface area contributed by atoms with Gasteiger partial charge in [0, 0.05) is 17.6 Å². The number of carbonyl (C=O) groups is 2. The summed E-state index contributed by atoms with van der Waals surface area (Å²) in [6, 6.07) is 13.8. The number of hydrogen-bond donors (Lipinski definition) is 2. The Labute approximate surface area is 158 Å². The SMILES string of the molecule is CN1C(=O)/C(=c2\[nH][nH]c(=O)\c2=C/c2cccc(Cl)c2)C(=O)c2ccccc21. The zero-order valence-electron chi connectivity index (χ0n) is 14.2. The number of benzene rings is 2. The fourth-order valence-electron chi connectivity index (χ4n) is 3.15. The molecule has 2 heterocycles. The first kappa shape index (κ1) is 17.1. The highest BCUT2D eigenvalue weighted by atomic mass is 35.5. The molecule has 2 aromatic carbocycles. The lowest BCUT2D eigenvalue weighted by Crippen LogP contribution is -2.44. The molecule has 0 aliphatic carbocycles. The minimum atomic E-state index is -0.477. The molecule has 1 aliphatic heterocycles. The molecule has 6 nitrogen and oxygen atoms in total. The van der Waals surface area contributed by atoms with E-state index in [1.807, 2.05) is 0 Å². The van der Waals surface area contributed by atoms with Crippen LogP contribution >= 0.6 is 11.6 Å². The number of nitrogens with zero attached hydrogens (tertiary/aromatic N) is 1. The molecule has 0 saturated heterocycles. The Morgan fingerprint density at radius 1 is 1.00 bits per heavy atom. The summed E-state index contributed by atoms with van der Waals surface area (Å²) < 4.78 is 0. The number of H-pyrrole nitrogens is 2. The standard InChI is InChI=1S/C20H14ClN3O3/c1-24-15-8-3-2-7-13(15)18(25)16(20(24)27)17-14(19(26)23-22-17)10-11-5-4-6-12(21)9-11/h2-10,22H,1H3,(H,23,26)/b14-10-,17-16-. The molecule has 0 atom stereocenters. The van der Waals surface area contributed by atoms with Crippen molar-refractivity contribution in [3.63, 3.8) is 0 Å². The Morgan fingerprint density at radius 3 is 2.56 bits per heavy atom. The first-order valence-corrected chi connectivity index (χ1v) is 8.55. The van der Waals surface area contributed by atoms with Crippen LogP contribution in [0.1, 0.15) is 15.9 Å². The van der Waals surface area contributed by atoms with E-state index in [1.165, 1.54) is 4.90 Å². The maximum absolute atomic E-state index is 13.0. The van der Waals surface area contributed by atoms with E-state index in [1.54, 1.807) is 61.7 Å². The number of rotatable bonds is 1. The van der Waals surface area contributed by atoms with Crippen molar-refractivity contribution < 1.29 is 9.59 Å². The summed E-state index contributed by atoms with van der Waals surface area (Å²) in [5.74, 6) is -0.903. The highest BCUT2D eigenvalue weighted by Gasteiger charge is 2.33. The number of ketones is 1. The zero-order chi connectivity index (χ0) is 19.1. The molecule has 0 unspecified atom stereocenters. The number of aromatic amines is 2. The monoisotopic (exact) mass is 379 g/mol. The summed E-state index contributed by atoms with van der Waals surface area (Å²) in [6.45, 7) is 0. The van der Waals surface area contributed by atoms with Crippen molar-refractivity contribution in [3.05, 3.63) is 85.6 Å². The Hall–Kier alpha value is -3.38. The summed E-state index contributed by atoms with van der Waals surface area (Å²) in [7, 11) is 1.60. The molecule has 7 heteroatoms. The van der Waals surface area contributed by atoms with Crippen LogP contribution in [-0.4, -0.2) is 28.9 Å². The molecule has 0 radical (unpaired) electrons. The molecule has 1 amide bonds. The van der Waals surface area contributed by atoms with Crippen molar-refractivity contribution in [2.24, 2.45) is 0 Å². The van der Waals surface area contributed by atoms with Gasteiger partial charge >= 0.3 is 0 Å². The second-order valence-corrected chi connectivity index (χ2v) is 6.59. The van der Waals surface area contributed by atoms with Gasteiger partial charge in [-0.15, -0.1) is 0 Å². The van der Waals surface area contributed by atoms with Gasteiger partial charge in [-0.3, -0.25) is 24.6 Å². The van der Waals surface area contributed by atoms with Gasteiger partial charge in [0.05, 0.1) is 16.3 Å². The van der Waals surface area contributed by atoms with E-state index in [0.717, 1.165) is 0 Å². The third-order valence-electron chi connectivity index (χ3n) is 4.48. The minimum Gasteiger partial charge on any atom is -0.310 e. The molecule has 0 fully saturated rings. The van der Waals surface area contributed by atoms with Crippen molar-refractivity contribution >= 4 is 40.6 Å². The molecular formula is C20H14ClN3O3. The van der Waals surface area contributed by atoms with Crippen molar-refractivity contribution in [3.8, 4) is 0 Å². The van der Waals surface area contributed by atoms with Gasteiger partial charge in [0.15, 0.2) is 0 Å². The van der Waals surface area contributed by atoms with E-state index in [2.05, 4.69) is 10.2 Å². The van der Waals surface area contributed by atoms with Gasteiger partial charge in [0.2, 0.25) is 5.78 Å². The fourth-order valence-corrected chi connectivity index (χ4v) is 3.35. The van der Waals surface area contributed by atoms with Crippen molar-refractivity contribution in [2.75, 3.05) is 11.9 Å². The number of fused-ring (bicyclic) bond motifs is 1. The van der Waals surface area contributed by atoms with Crippen molar-refractivity contribution in [2.45, 2.75) is 0 Å². The summed E-state index contributed by atoms with van der Waals surface area (Å²) in [5, 5.41) is 6.02. The van der Waals surface area contributed by atoms with Gasteiger partial charge < -0.3 is 4.90 Å². The molecule has 134 valence electrons. The number of aromatic nitrogens is 2. The zero-order valence-corrected chi connectivity index (χ0v) is 15.0. The lowest BCUT2D eigenvalue weighted by atomic mass is 9.95. The number of para-hydroxylation sites is 1. The van der Waals surface area contributed by atoms with Crippen molar-refractivity contribution in [1.82, 2.24) is 10.2 Å². The second kappa shape index (κ2) is 6.41. The van der Waals surface area contributed by atoms with Crippen LogP contribution in [0.25, 0.3) is 11.6 Å². The highest BCUT2D eigenvalue weighted by molar-refractivity contribution is 6.51. The number of amides is 1. The minimum absolute atomic E-state index is 0.0807. The first-order chi connectivity index (χ1) is 13.0. The molecule has 3 aromatic rings. The highest BCUT2D eigenvalue weighted by Crippen LogP contribution is 2.28. The van der Waals surface area contributed by atoms with Crippen LogP contribution in [-0.2, 0) is 4.79 Å². The number of hydrogen-bond acceptors (Lipinski definition) is 3. The summed E-state index contributed by atoms with van der Waals surface area (Å²) in [4.78, 5) is 39.6. The fraction of sp³-hybridized carbons (Fsp3) is 0.0500. The molecule has 0 spiro atoms. The average molecular weight is 380 g/mol. The molecule has 4 rings (SSSR count). The van der Waals surface area contributed by atoms with E-state index >= 15 is 0 Å². The molecule has 1 aromatic heterocycles. The van der Waals surface area contributed by atoms with E-state index in [0.29, 0.717) is 21.8 Å². The van der Waals surface area contributed by atoms with Crippen LogP contribution < -0.4 is 21.0 Å². The lowest BCUT2D eigenvalue weighted by Gasteiger charge is -2.25. The summed E-state index contributed by atoms with van der Waals surface area (Å²) in [6.07, 6.45) is 1.59. The smallest absolute Gasteiger partial charge is 0.271 e. The third-order valence-corrected chi connectivity index (χ3v) is 4.72. The van der Waals surface area contributed by atoms with Crippen LogP contribution in [0.2, 0.25) is 5.02 Å². The van der Waals surface area contributed by atoms with Crippen molar-refractivity contribution in [1.29, 1.82) is 0 Å². The third kappa shape index (κ3) is 2.80. The predicted molar refractivity (Wildman–Crippen MR) is 103 cm³/mol. The molecule has 27 heavy (non-hydrogen) atoms. The van der Waals surface area contributed by atoms with Crippen LogP contribution in [0.5, 0.6) is 0 Å². The van der Waals surface area contributed by atoms with Gasteiger partial charge in [-0.05, 0) is 35.9 Å². The number of anilines is 1. The van der Waals surface area contributed by atoms with Crippen LogP contribution in [0.15, 0.2) is 53.3 Å². The first-order valence-electron chi connectivity index (χ1n) is 8.17. The normalized spacial score (nSPS) is 16.7. The van der Waals surface area contributed by atoms with Crippen LogP contribution in [0.4, 0.5) is 5.69 Å². The molecule has 2 N–H and O–H groups in total. The Morgan fingerprint density at radius 2 is 1.78 bits per heavy atom. The number of carbonyl (C=O) groups excluding carboxylic acids is 2. The van der Waals surface area contributed by atoms with E-state index in [4.69, 9.17) is 11.6 Å². The topological polar surface area (TPSA) is 86.0 Å². The largest absolute Gasteiger partial charge is 0.310 e. The van der Waals surface area contributed by atoms with E-state index in [-0.39, 0.29) is 16.1 Å². The Bertz CT molecular complexity index is 1270. The van der Waals surface area contributed by atoms with Crippen LogP contribution in [0.3, 0.4) is 0 Å². The van der Waals surface area contributed by atoms with Gasteiger partial charge in [-0.2, -0.15) is 0 Å². The summed E-state index contributed by atoms with van der Waals surface area (Å²) >= 11 is 6.00. The van der Waals surface area contributed by atoms with Crippen LogP contribution in [0, 0.1) is 0 Å². The molecule has 1 aliphatic rings. The maximum atomic E-state index is 13.0. The van der Waals surface area contributed by atoms with E-state index in [9.17, 15) is 14.4 Å². The van der Waals surface area contributed by atoms with Gasteiger partial charge in [0.1, 0.15) is 5.57 Å². The Kier molecular flexibility index (Phi) is 4.05. The molecule has 0 saturated carbocycles. The van der Waals surface area contributed by atoms with E-state index < -0.39 is 17.2 Å². The van der Waals surface area contributed by atoms with Gasteiger partial charge in [0.25, 0.3) is 11.5 Å². The number of halogens is 1. The molecule has 0 bridgehead atoms. The average Bonchev–Trinajstić information content (AvgIpc) is 3.01.